The molecule has 3 heterocycles. The van der Waals surface area contributed by atoms with Gasteiger partial charge in [0, 0.05) is 49.9 Å². The largest absolute Gasteiger partial charge is 0.334 e. The van der Waals surface area contributed by atoms with E-state index in [0.29, 0.717) is 5.92 Å². The van der Waals surface area contributed by atoms with E-state index < -0.39 is 0 Å². The minimum Gasteiger partial charge on any atom is -0.334 e. The maximum Gasteiger partial charge on any atom is 0.139 e. The molecule has 1 aliphatic rings. The summed E-state index contributed by atoms with van der Waals surface area (Å²) in [6, 6.07) is 10.6. The van der Waals surface area contributed by atoms with Crippen LogP contribution in [0.2, 0.25) is 0 Å². The summed E-state index contributed by atoms with van der Waals surface area (Å²) in [6.45, 7) is 6.82. The molecule has 1 unspecified atom stereocenters. The van der Waals surface area contributed by atoms with E-state index in [9.17, 15) is 0 Å². The summed E-state index contributed by atoms with van der Waals surface area (Å²) in [5, 5.41) is 4.81. The fraction of sp³-hybridized carbons (Fsp3) is 0.400. The zero-order chi connectivity index (χ0) is 17.2. The second kappa shape index (κ2) is 6.84. The van der Waals surface area contributed by atoms with E-state index in [1.807, 2.05) is 24.0 Å². The molecule has 0 amide bonds. The van der Waals surface area contributed by atoms with Crippen molar-refractivity contribution in [1.29, 1.82) is 0 Å². The van der Waals surface area contributed by atoms with E-state index in [-0.39, 0.29) is 0 Å². The van der Waals surface area contributed by atoms with Gasteiger partial charge in [-0.3, -0.25) is 4.68 Å². The van der Waals surface area contributed by atoms with Crippen LogP contribution < -0.4 is 0 Å². The molecule has 5 nitrogen and oxygen atoms in total. The number of benzene rings is 1. The number of aryl methyl sites for hydroxylation is 1. The fourth-order valence-electron chi connectivity index (χ4n) is 3.69. The Labute approximate surface area is 148 Å². The highest BCUT2D eigenvalue weighted by Gasteiger charge is 2.21. The molecule has 0 spiro atoms. The van der Waals surface area contributed by atoms with Gasteiger partial charge in [-0.1, -0.05) is 25.1 Å². The van der Waals surface area contributed by atoms with Gasteiger partial charge in [-0.05, 0) is 37.6 Å². The van der Waals surface area contributed by atoms with Crippen LogP contribution in [0.25, 0.3) is 22.6 Å². The van der Waals surface area contributed by atoms with Crippen molar-refractivity contribution in [3.05, 3.63) is 48.9 Å². The zero-order valence-corrected chi connectivity index (χ0v) is 15.0. The van der Waals surface area contributed by atoms with Gasteiger partial charge in [-0.2, -0.15) is 5.10 Å². The number of likely N-dealkylation sites (tertiary alicyclic amines) is 1. The van der Waals surface area contributed by atoms with Crippen molar-refractivity contribution in [2.24, 2.45) is 13.0 Å². The SMILES string of the molecule is CCN1CCC(Cn2ccc(-c3cccc(-c4nccn4C)c3)n2)C1. The molecular weight excluding hydrogens is 310 g/mol. The summed E-state index contributed by atoms with van der Waals surface area (Å²) in [6.07, 6.45) is 7.19. The van der Waals surface area contributed by atoms with Crippen LogP contribution >= 0.6 is 0 Å². The Bertz CT molecular complexity index is 847. The zero-order valence-electron chi connectivity index (χ0n) is 15.0. The molecule has 1 aliphatic heterocycles. The van der Waals surface area contributed by atoms with Crippen LogP contribution in [-0.4, -0.2) is 43.9 Å². The van der Waals surface area contributed by atoms with E-state index in [2.05, 4.69) is 58.0 Å². The van der Waals surface area contributed by atoms with Gasteiger partial charge in [0.05, 0.1) is 5.69 Å². The van der Waals surface area contributed by atoms with Crippen LogP contribution in [0.15, 0.2) is 48.9 Å². The Morgan fingerprint density at radius 1 is 1.16 bits per heavy atom. The Morgan fingerprint density at radius 2 is 2.04 bits per heavy atom. The first-order valence-electron chi connectivity index (χ1n) is 9.07. The van der Waals surface area contributed by atoms with Gasteiger partial charge in [-0.25, -0.2) is 4.98 Å². The van der Waals surface area contributed by atoms with Gasteiger partial charge < -0.3 is 9.47 Å². The molecule has 5 heteroatoms. The molecule has 0 N–H and O–H groups in total. The number of nitrogens with zero attached hydrogens (tertiary/aromatic N) is 5. The second-order valence-corrected chi connectivity index (χ2v) is 6.91. The monoisotopic (exact) mass is 335 g/mol. The molecule has 25 heavy (non-hydrogen) atoms. The highest BCUT2D eigenvalue weighted by atomic mass is 15.3. The van der Waals surface area contributed by atoms with Crippen molar-refractivity contribution in [2.75, 3.05) is 19.6 Å². The molecule has 1 atom stereocenters. The Kier molecular flexibility index (Phi) is 4.40. The lowest BCUT2D eigenvalue weighted by atomic mass is 10.1. The molecular formula is C20H25N5. The number of aromatic nitrogens is 4. The molecule has 130 valence electrons. The number of imidazole rings is 1. The molecule has 1 fully saturated rings. The smallest absolute Gasteiger partial charge is 0.139 e. The van der Waals surface area contributed by atoms with E-state index >= 15 is 0 Å². The van der Waals surface area contributed by atoms with Crippen LogP contribution in [-0.2, 0) is 13.6 Å². The van der Waals surface area contributed by atoms with Crippen molar-refractivity contribution in [3.8, 4) is 22.6 Å². The molecule has 1 aromatic carbocycles. The number of hydrogen-bond acceptors (Lipinski definition) is 3. The first-order valence-corrected chi connectivity index (χ1v) is 9.07. The van der Waals surface area contributed by atoms with Gasteiger partial charge in [0.15, 0.2) is 0 Å². The standard InChI is InChI=1S/C20H25N5/c1-3-24-10-7-16(14-24)15-25-11-8-19(22-25)17-5-4-6-18(13-17)20-21-9-12-23(20)2/h4-6,8-9,11-13,16H,3,7,10,14-15H2,1-2H3. The topological polar surface area (TPSA) is 38.9 Å². The Balaban J connectivity index is 1.51. The normalized spacial score (nSPS) is 18.1. The maximum absolute atomic E-state index is 4.81. The van der Waals surface area contributed by atoms with Crippen molar-refractivity contribution in [2.45, 2.75) is 19.9 Å². The molecule has 0 aliphatic carbocycles. The summed E-state index contributed by atoms with van der Waals surface area (Å²) < 4.78 is 4.14. The summed E-state index contributed by atoms with van der Waals surface area (Å²) in [5.41, 5.74) is 3.29. The van der Waals surface area contributed by atoms with Crippen molar-refractivity contribution >= 4 is 0 Å². The molecule has 4 rings (SSSR count). The van der Waals surface area contributed by atoms with Gasteiger partial charge in [0.1, 0.15) is 5.82 Å². The summed E-state index contributed by atoms with van der Waals surface area (Å²) in [4.78, 5) is 6.96. The molecule has 3 aromatic rings. The first-order chi connectivity index (χ1) is 12.2. The Morgan fingerprint density at radius 3 is 2.80 bits per heavy atom. The number of rotatable bonds is 5. The Hall–Kier alpha value is -2.40. The predicted octanol–water partition coefficient (Wildman–Crippen LogP) is 3.29. The van der Waals surface area contributed by atoms with Crippen LogP contribution in [0.5, 0.6) is 0 Å². The van der Waals surface area contributed by atoms with Crippen LogP contribution in [0.1, 0.15) is 13.3 Å². The van der Waals surface area contributed by atoms with Gasteiger partial charge >= 0.3 is 0 Å². The number of hydrogen-bond donors (Lipinski definition) is 0. The third-order valence-corrected chi connectivity index (χ3v) is 5.14. The van der Waals surface area contributed by atoms with E-state index in [1.165, 1.54) is 19.5 Å². The lowest BCUT2D eigenvalue weighted by Gasteiger charge is -2.13. The van der Waals surface area contributed by atoms with Crippen molar-refractivity contribution in [1.82, 2.24) is 24.2 Å². The van der Waals surface area contributed by atoms with E-state index in [0.717, 1.165) is 35.7 Å². The lowest BCUT2D eigenvalue weighted by Crippen LogP contribution is -2.21. The van der Waals surface area contributed by atoms with E-state index in [4.69, 9.17) is 5.10 Å². The van der Waals surface area contributed by atoms with Crippen LogP contribution in [0.4, 0.5) is 0 Å². The molecule has 0 saturated carbocycles. The van der Waals surface area contributed by atoms with Gasteiger partial charge in [0.25, 0.3) is 0 Å². The summed E-state index contributed by atoms with van der Waals surface area (Å²) in [7, 11) is 2.02. The minimum atomic E-state index is 0.714. The molecule has 0 bridgehead atoms. The average molecular weight is 335 g/mol. The van der Waals surface area contributed by atoms with Gasteiger partial charge in [-0.15, -0.1) is 0 Å². The van der Waals surface area contributed by atoms with Crippen LogP contribution in [0, 0.1) is 5.92 Å². The van der Waals surface area contributed by atoms with Crippen molar-refractivity contribution in [3.63, 3.8) is 0 Å². The van der Waals surface area contributed by atoms with Crippen LogP contribution in [0.3, 0.4) is 0 Å². The maximum atomic E-state index is 4.81. The summed E-state index contributed by atoms with van der Waals surface area (Å²) in [5.74, 6) is 1.69. The summed E-state index contributed by atoms with van der Waals surface area (Å²) >= 11 is 0. The fourth-order valence-corrected chi connectivity index (χ4v) is 3.69. The lowest BCUT2D eigenvalue weighted by molar-refractivity contribution is 0.329. The predicted molar refractivity (Wildman–Crippen MR) is 100 cm³/mol. The first kappa shape index (κ1) is 16.1. The minimum absolute atomic E-state index is 0.714. The third kappa shape index (κ3) is 3.37. The molecule has 0 radical (unpaired) electrons. The quantitative estimate of drug-likeness (QED) is 0.718. The van der Waals surface area contributed by atoms with E-state index in [1.54, 1.807) is 0 Å². The second-order valence-electron chi connectivity index (χ2n) is 6.91. The molecule has 1 saturated heterocycles. The van der Waals surface area contributed by atoms with Crippen molar-refractivity contribution < 1.29 is 0 Å². The third-order valence-electron chi connectivity index (χ3n) is 5.14. The molecule has 2 aromatic heterocycles. The highest BCUT2D eigenvalue weighted by Crippen LogP contribution is 2.25. The van der Waals surface area contributed by atoms with Gasteiger partial charge in [0.2, 0.25) is 0 Å². The average Bonchev–Trinajstić information content (AvgIpc) is 3.36. The highest BCUT2D eigenvalue weighted by molar-refractivity contribution is 5.67.